The van der Waals surface area contributed by atoms with E-state index in [1.165, 1.54) is 7.11 Å². The van der Waals surface area contributed by atoms with Gasteiger partial charge in [0.1, 0.15) is 0 Å². The van der Waals surface area contributed by atoms with Gasteiger partial charge in [-0.15, -0.1) is 5.11 Å². The normalized spacial score (nSPS) is 11.2. The number of hydrogen-bond acceptors (Lipinski definition) is 7. The van der Waals surface area contributed by atoms with Crippen LogP contribution in [0.5, 0.6) is 11.5 Å². The number of benzene rings is 2. The Balaban J connectivity index is 1.71. The van der Waals surface area contributed by atoms with Crippen LogP contribution >= 0.6 is 0 Å². The zero-order chi connectivity index (χ0) is 19.3. The van der Waals surface area contributed by atoms with Crippen molar-refractivity contribution in [3.05, 3.63) is 72.6 Å². The van der Waals surface area contributed by atoms with Gasteiger partial charge in [0.25, 0.3) is 0 Å². The van der Waals surface area contributed by atoms with Crippen molar-refractivity contribution in [2.24, 2.45) is 10.2 Å². The number of phenolic OH excluding ortho intramolecular Hbond substituents is 1. The third-order valence-electron chi connectivity index (χ3n) is 4.21. The quantitative estimate of drug-likeness (QED) is 0.514. The molecule has 0 spiro atoms. The fourth-order valence-electron chi connectivity index (χ4n) is 2.80. The maximum Gasteiger partial charge on any atom is 0.185 e. The Morgan fingerprint density at radius 3 is 2.71 bits per heavy atom. The summed E-state index contributed by atoms with van der Waals surface area (Å²) >= 11 is 0. The van der Waals surface area contributed by atoms with Gasteiger partial charge in [-0.25, -0.2) is 9.97 Å². The molecule has 0 atom stereocenters. The molecule has 1 N–H and O–H groups in total. The molecule has 0 saturated carbocycles. The summed E-state index contributed by atoms with van der Waals surface area (Å²) in [6, 6.07) is 16.6. The van der Waals surface area contributed by atoms with Gasteiger partial charge in [-0.2, -0.15) is 5.11 Å². The highest BCUT2D eigenvalue weighted by molar-refractivity contribution is 5.88. The van der Waals surface area contributed by atoms with Gasteiger partial charge in [0, 0.05) is 28.9 Å². The molecule has 2 aromatic carbocycles. The van der Waals surface area contributed by atoms with Crippen LogP contribution < -0.4 is 4.74 Å². The maximum absolute atomic E-state index is 10.2. The van der Waals surface area contributed by atoms with Gasteiger partial charge in [-0.3, -0.25) is 4.98 Å². The third kappa shape index (κ3) is 3.50. The van der Waals surface area contributed by atoms with E-state index in [-0.39, 0.29) is 12.3 Å². The number of phenols is 1. The summed E-state index contributed by atoms with van der Waals surface area (Å²) in [4.78, 5) is 13.3. The fourth-order valence-corrected chi connectivity index (χ4v) is 2.80. The Bertz CT molecular complexity index is 1150. The number of fused-ring (bicyclic) bond motifs is 1. The molecular formula is C21H17N5O2. The summed E-state index contributed by atoms with van der Waals surface area (Å²) in [6.45, 7) is 0.198. The summed E-state index contributed by atoms with van der Waals surface area (Å²) in [5.41, 5.74) is 2.19. The Kier molecular flexibility index (Phi) is 4.88. The Morgan fingerprint density at radius 2 is 1.89 bits per heavy atom. The van der Waals surface area contributed by atoms with Crippen molar-refractivity contribution in [1.29, 1.82) is 0 Å². The molecule has 0 amide bonds. The van der Waals surface area contributed by atoms with Crippen molar-refractivity contribution in [2.45, 2.75) is 6.54 Å². The van der Waals surface area contributed by atoms with E-state index in [1.807, 2.05) is 36.4 Å². The van der Waals surface area contributed by atoms with Crippen molar-refractivity contribution in [3.8, 4) is 22.9 Å². The monoisotopic (exact) mass is 371 g/mol. The number of aromatic hydroxyl groups is 1. The molecule has 138 valence electrons. The number of hydrogen-bond donors (Lipinski definition) is 1. The predicted molar refractivity (Wildman–Crippen MR) is 106 cm³/mol. The second kappa shape index (κ2) is 7.79. The van der Waals surface area contributed by atoms with Gasteiger partial charge in [0.05, 0.1) is 19.2 Å². The number of rotatable bonds is 5. The Morgan fingerprint density at radius 1 is 1.00 bits per heavy atom. The second-order valence-corrected chi connectivity index (χ2v) is 6.00. The molecule has 2 aromatic heterocycles. The topological polar surface area (TPSA) is 92.9 Å². The summed E-state index contributed by atoms with van der Waals surface area (Å²) < 4.78 is 5.12. The molecule has 28 heavy (non-hydrogen) atoms. The summed E-state index contributed by atoms with van der Waals surface area (Å²) in [5.74, 6) is 1.46. The lowest BCUT2D eigenvalue weighted by Crippen LogP contribution is -1.92. The summed E-state index contributed by atoms with van der Waals surface area (Å²) in [7, 11) is 1.51. The van der Waals surface area contributed by atoms with E-state index in [0.717, 1.165) is 16.5 Å². The van der Waals surface area contributed by atoms with E-state index < -0.39 is 0 Å². The highest BCUT2D eigenvalue weighted by Crippen LogP contribution is 2.31. The molecule has 7 nitrogen and oxygen atoms in total. The standard InChI is InChI=1S/C21H17N5O2/c1-28-18-10-4-6-14(19(18)27)13-23-26-21-16-8-2-3-9-17(16)24-20(25-21)15-7-5-11-22-12-15/h2-12,27H,13H2,1H3. The number of ether oxygens (including phenoxy) is 1. The lowest BCUT2D eigenvalue weighted by Gasteiger charge is -2.06. The van der Waals surface area contributed by atoms with E-state index in [0.29, 0.717) is 23.0 Å². The zero-order valence-corrected chi connectivity index (χ0v) is 15.1. The minimum absolute atomic E-state index is 0.0625. The Hall–Kier alpha value is -3.87. The van der Waals surface area contributed by atoms with E-state index >= 15 is 0 Å². The molecule has 7 heteroatoms. The molecule has 0 unspecified atom stereocenters. The maximum atomic E-state index is 10.2. The summed E-state index contributed by atoms with van der Waals surface area (Å²) in [5, 5.41) is 19.5. The Labute approximate surface area is 161 Å². The molecule has 0 saturated heterocycles. The van der Waals surface area contributed by atoms with Crippen molar-refractivity contribution in [2.75, 3.05) is 7.11 Å². The molecule has 4 aromatic rings. The molecule has 0 aliphatic rings. The number of azo groups is 1. The zero-order valence-electron chi connectivity index (χ0n) is 15.1. The van der Waals surface area contributed by atoms with Gasteiger partial charge in [-0.05, 0) is 30.3 Å². The van der Waals surface area contributed by atoms with Crippen molar-refractivity contribution in [3.63, 3.8) is 0 Å². The molecule has 0 bridgehead atoms. The number of nitrogens with zero attached hydrogens (tertiary/aromatic N) is 5. The van der Waals surface area contributed by atoms with Gasteiger partial charge in [0.2, 0.25) is 0 Å². The van der Waals surface area contributed by atoms with Gasteiger partial charge in [-0.1, -0.05) is 24.3 Å². The average Bonchev–Trinajstić information content (AvgIpc) is 2.75. The lowest BCUT2D eigenvalue weighted by atomic mass is 10.2. The van der Waals surface area contributed by atoms with Crippen LogP contribution in [0.2, 0.25) is 0 Å². The second-order valence-electron chi connectivity index (χ2n) is 6.00. The van der Waals surface area contributed by atoms with Crippen LogP contribution in [-0.4, -0.2) is 27.2 Å². The van der Waals surface area contributed by atoms with Gasteiger partial charge in [0.15, 0.2) is 23.1 Å². The van der Waals surface area contributed by atoms with Crippen molar-refractivity contribution < 1.29 is 9.84 Å². The van der Waals surface area contributed by atoms with Gasteiger partial charge >= 0.3 is 0 Å². The van der Waals surface area contributed by atoms with Crippen LogP contribution in [0.4, 0.5) is 5.82 Å². The van der Waals surface area contributed by atoms with Crippen molar-refractivity contribution >= 4 is 16.7 Å². The SMILES string of the molecule is COc1cccc(CN=Nc2nc(-c3cccnc3)nc3ccccc23)c1O. The molecule has 4 rings (SSSR count). The lowest BCUT2D eigenvalue weighted by molar-refractivity contribution is 0.370. The number of methoxy groups -OCH3 is 1. The number of aromatic nitrogens is 3. The van der Waals surface area contributed by atoms with Crippen LogP contribution in [0.25, 0.3) is 22.3 Å². The van der Waals surface area contributed by atoms with E-state index in [2.05, 4.69) is 25.2 Å². The van der Waals surface area contributed by atoms with Gasteiger partial charge < -0.3 is 9.84 Å². The van der Waals surface area contributed by atoms with Crippen molar-refractivity contribution in [1.82, 2.24) is 15.0 Å². The van der Waals surface area contributed by atoms with Crippen LogP contribution in [0.3, 0.4) is 0 Å². The molecule has 0 radical (unpaired) electrons. The molecule has 0 aliphatic heterocycles. The average molecular weight is 371 g/mol. The molecule has 0 fully saturated rings. The first-order valence-corrected chi connectivity index (χ1v) is 8.66. The first-order valence-electron chi connectivity index (χ1n) is 8.66. The van der Waals surface area contributed by atoms with Crippen LogP contribution in [0.15, 0.2) is 77.2 Å². The molecular weight excluding hydrogens is 354 g/mol. The van der Waals surface area contributed by atoms with E-state index in [9.17, 15) is 5.11 Å². The number of para-hydroxylation sites is 2. The molecule has 2 heterocycles. The first-order chi connectivity index (χ1) is 13.8. The largest absolute Gasteiger partial charge is 0.504 e. The van der Waals surface area contributed by atoms with E-state index in [4.69, 9.17) is 4.74 Å². The fraction of sp³-hybridized carbons (Fsp3) is 0.0952. The van der Waals surface area contributed by atoms with E-state index in [1.54, 1.807) is 30.6 Å². The molecule has 0 aliphatic carbocycles. The third-order valence-corrected chi connectivity index (χ3v) is 4.21. The summed E-state index contributed by atoms with van der Waals surface area (Å²) in [6.07, 6.45) is 3.41. The smallest absolute Gasteiger partial charge is 0.185 e. The highest BCUT2D eigenvalue weighted by Gasteiger charge is 2.10. The minimum atomic E-state index is 0.0625. The van der Waals surface area contributed by atoms with Crippen LogP contribution in [-0.2, 0) is 6.54 Å². The van der Waals surface area contributed by atoms with Crippen LogP contribution in [0.1, 0.15) is 5.56 Å². The number of pyridine rings is 1. The minimum Gasteiger partial charge on any atom is -0.504 e. The predicted octanol–water partition coefficient (Wildman–Crippen LogP) is 4.69. The first kappa shape index (κ1) is 17.5. The van der Waals surface area contributed by atoms with Crippen LogP contribution in [0, 0.1) is 0 Å². The highest BCUT2D eigenvalue weighted by atomic mass is 16.5.